The predicted octanol–water partition coefficient (Wildman–Crippen LogP) is -6.25. The van der Waals surface area contributed by atoms with Crippen LogP contribution >= 0.6 is 15.6 Å². The Balaban J connectivity index is 1.81. The van der Waals surface area contributed by atoms with E-state index in [-0.39, 0.29) is 6.42 Å². The summed E-state index contributed by atoms with van der Waals surface area (Å²) in [4.78, 5) is 174. The molecule has 472 valence electrons. The highest BCUT2D eigenvalue weighted by Crippen LogP contribution is 2.61. The van der Waals surface area contributed by atoms with Gasteiger partial charge in [0.1, 0.15) is 86.2 Å². The van der Waals surface area contributed by atoms with Crippen LogP contribution in [-0.2, 0) is 113 Å². The Labute approximate surface area is 474 Å². The highest BCUT2D eigenvalue weighted by Gasteiger charge is 2.57. The van der Waals surface area contributed by atoms with E-state index in [1.165, 1.54) is 0 Å². The van der Waals surface area contributed by atoms with E-state index in [1.54, 1.807) is 0 Å². The molecule has 38 nitrogen and oxygen atoms in total. The molecule has 0 bridgehead atoms. The number of phosphoric acid groups is 2. The third-order valence-corrected chi connectivity index (χ3v) is 14.6. The van der Waals surface area contributed by atoms with Gasteiger partial charge in [0.25, 0.3) is 5.56 Å². The van der Waals surface area contributed by atoms with Crippen LogP contribution in [-0.4, -0.2) is 206 Å². The van der Waals surface area contributed by atoms with Gasteiger partial charge in [-0.25, -0.2) is 13.9 Å². The number of rotatable bonds is 28. The number of aliphatic hydroxyl groups is 2. The molecule has 0 radical (unpaired) electrons. The van der Waals surface area contributed by atoms with E-state index >= 15 is 0 Å². The number of hydrogen-bond donors (Lipinski definition) is 11. The lowest BCUT2D eigenvalue weighted by Gasteiger charge is -2.50. The Kier molecular flexibility index (Phi) is 25.3. The molecule has 4 rings (SSSR count). The zero-order chi connectivity index (χ0) is 63.3. The van der Waals surface area contributed by atoms with Gasteiger partial charge in [0.2, 0.25) is 35.4 Å². The maximum Gasteiger partial charge on any atom is 0.483 e. The zero-order valence-electron chi connectivity index (χ0n) is 45.9. The quantitative estimate of drug-likeness (QED) is 0.0211. The number of hydrogen-bond acceptors (Lipinski definition) is 28. The molecule has 3 fully saturated rings. The van der Waals surface area contributed by atoms with E-state index < -0.39 is 216 Å². The van der Waals surface area contributed by atoms with Crippen LogP contribution < -0.4 is 44.0 Å². The number of primary amides is 2. The van der Waals surface area contributed by atoms with Gasteiger partial charge >= 0.3 is 45.2 Å². The Morgan fingerprint density at radius 2 is 1.24 bits per heavy atom. The number of carbonyl (C=O) groups is 10. The largest absolute Gasteiger partial charge is 0.483 e. The van der Waals surface area contributed by atoms with Crippen LogP contribution in [0.25, 0.3) is 0 Å². The van der Waals surface area contributed by atoms with Crippen LogP contribution in [0.4, 0.5) is 0 Å². The molecule has 1 aromatic heterocycles. The highest BCUT2D eigenvalue weighted by molar-refractivity contribution is 7.61. The number of amides is 6. The van der Waals surface area contributed by atoms with Gasteiger partial charge in [0.05, 0.1) is 6.61 Å². The van der Waals surface area contributed by atoms with E-state index in [2.05, 4.69) is 25.6 Å². The van der Waals surface area contributed by atoms with Crippen molar-refractivity contribution in [1.29, 1.82) is 0 Å². The number of esters is 4. The second-order valence-corrected chi connectivity index (χ2v) is 21.8. The lowest BCUT2D eigenvalue weighted by molar-refractivity contribution is -0.332. The van der Waals surface area contributed by atoms with Crippen molar-refractivity contribution < 1.29 is 133 Å². The molecule has 1 aromatic rings. The van der Waals surface area contributed by atoms with Crippen LogP contribution in [0.1, 0.15) is 74.5 Å². The summed E-state index contributed by atoms with van der Waals surface area (Å²) in [5.74, 6) is -10.1. The molecule has 0 aromatic carbocycles. The first-order valence-corrected chi connectivity index (χ1v) is 28.0. The standard InChI is InChI=1S/C44H66N8O30P2/c1-16(39(64)50-24(38(46)63)9-10-28(45)59)47-40(65)17(2)74-36-31(49-19(4)54)43(81-84(69,70)82-83(67,68)73-15-25-32(61)33(62)41(77-25)52-12-11-29(60)51-44(52)66)79-27(14-72-21(6)56)35(36)80-42-30(48-18(3)53)37(76-23(8)58)34(75-22(7)57)26(78-42)13-71-20(5)55/h11-12,16-17,24-27,30-37,41-43,61-62H,9-10,13-15H2,1-8H3,(H2,45,59)(H2,46,63)(H,47,65)(H,48,53)(H,49,54)(H,50,64)(H,67,68)(H,69,70)(H,51,60,66)/t16-,17+,24+,25+,26+,27+,30+,31+,32+,33+,34+,35+,36+,37+,41+,42-,43+/m0/s1. The highest BCUT2D eigenvalue weighted by atomic mass is 31.3. The van der Waals surface area contributed by atoms with Crippen molar-refractivity contribution in [3.8, 4) is 0 Å². The molecule has 19 atom stereocenters. The molecule has 13 N–H and O–H groups in total. The molecule has 40 heteroatoms. The first-order valence-electron chi connectivity index (χ1n) is 25.0. The van der Waals surface area contributed by atoms with E-state index in [9.17, 15) is 86.7 Å². The van der Waals surface area contributed by atoms with Crippen molar-refractivity contribution >= 4 is 75.0 Å². The minimum atomic E-state index is -6.21. The van der Waals surface area contributed by atoms with E-state index in [1.807, 2.05) is 4.98 Å². The number of ether oxygens (including phenoxy) is 9. The van der Waals surface area contributed by atoms with Gasteiger partial charge in [-0.1, -0.05) is 0 Å². The summed E-state index contributed by atoms with van der Waals surface area (Å²) >= 11 is 0. The summed E-state index contributed by atoms with van der Waals surface area (Å²) in [6.07, 6.45) is -25.3. The number of nitrogens with zero attached hydrogens (tertiary/aromatic N) is 1. The smallest absolute Gasteiger partial charge is 0.463 e. The summed E-state index contributed by atoms with van der Waals surface area (Å²) in [5.41, 5.74) is 8.58. The Morgan fingerprint density at radius 1 is 0.690 bits per heavy atom. The minimum Gasteiger partial charge on any atom is -0.463 e. The molecule has 3 aliphatic heterocycles. The average Bonchev–Trinajstić information content (AvgIpc) is 1.67. The Morgan fingerprint density at radius 3 is 1.76 bits per heavy atom. The number of aromatic amines is 1. The van der Waals surface area contributed by atoms with Gasteiger partial charge < -0.3 is 95.4 Å². The number of aromatic nitrogens is 2. The second kappa shape index (κ2) is 30.4. The minimum absolute atomic E-state index is 0.335. The third kappa shape index (κ3) is 20.6. The molecule has 6 amide bonds. The van der Waals surface area contributed by atoms with Crippen molar-refractivity contribution in [2.45, 2.75) is 172 Å². The third-order valence-electron chi connectivity index (χ3n) is 12.0. The SMILES string of the molecule is CC(=O)N[C@H]1[C@H](O[C@H]2[C@H](O[C@H](C)C(=O)N[C@@H](C)C(=O)N[C@H](CCC(N)=O)C(N)=O)[C@@H](NC(C)=O)[C@@H](OP(=O)(O)OP(=O)(O)OC[C@H]3O[C@@H](n4ccc(=O)[nH]c4=O)[C@H](O)[C@@H]3O)O[C@@H]2COC(C)=O)O[C@H](COC(C)=O)[C@@H](OC(C)=O)[C@@H]1OC(C)=O. The van der Waals surface area contributed by atoms with E-state index in [0.29, 0.717) is 4.57 Å². The number of nitrogens with two attached hydrogens (primary N) is 2. The first kappa shape index (κ1) is 69.9. The van der Waals surface area contributed by atoms with Gasteiger partial charge in [-0.05, 0) is 20.3 Å². The summed E-state index contributed by atoms with van der Waals surface area (Å²) in [6, 6.07) is -6.11. The topological polar surface area (TPSA) is 552 Å². The molecule has 0 aliphatic carbocycles. The van der Waals surface area contributed by atoms with Crippen LogP contribution in [0.15, 0.2) is 21.9 Å². The van der Waals surface area contributed by atoms with Crippen molar-refractivity contribution in [3.63, 3.8) is 0 Å². The van der Waals surface area contributed by atoms with E-state index in [4.69, 9.17) is 63.1 Å². The molecule has 4 heterocycles. The molecule has 3 saturated heterocycles. The Bertz CT molecular complexity index is 2820. The van der Waals surface area contributed by atoms with Gasteiger partial charge in [0, 0.05) is 60.2 Å². The number of nitrogens with one attached hydrogen (secondary N) is 5. The molecule has 2 unspecified atom stereocenters. The zero-order valence-corrected chi connectivity index (χ0v) is 47.7. The maximum absolute atomic E-state index is 14.0. The van der Waals surface area contributed by atoms with Gasteiger partial charge in [-0.3, -0.25) is 71.3 Å². The lowest BCUT2D eigenvalue weighted by atomic mass is 9.93. The lowest BCUT2D eigenvalue weighted by Crippen LogP contribution is -2.70. The van der Waals surface area contributed by atoms with Crippen LogP contribution in [0.3, 0.4) is 0 Å². The number of H-pyrrole nitrogens is 1. The van der Waals surface area contributed by atoms with Crippen molar-refractivity contribution in [3.05, 3.63) is 33.1 Å². The second-order valence-electron chi connectivity index (χ2n) is 18.8. The number of carbonyl (C=O) groups excluding carboxylic acids is 10. The molecule has 0 saturated carbocycles. The molecule has 3 aliphatic rings. The van der Waals surface area contributed by atoms with Gasteiger partial charge in [0.15, 0.2) is 31.0 Å². The van der Waals surface area contributed by atoms with Crippen molar-refractivity contribution in [2.24, 2.45) is 11.5 Å². The monoisotopic (exact) mass is 1250 g/mol. The summed E-state index contributed by atoms with van der Waals surface area (Å²) in [7, 11) is -12.2. The fourth-order valence-electron chi connectivity index (χ4n) is 8.36. The van der Waals surface area contributed by atoms with Crippen LogP contribution in [0.2, 0.25) is 0 Å². The molecular formula is C44H66N8O30P2. The van der Waals surface area contributed by atoms with Crippen molar-refractivity contribution in [2.75, 3.05) is 19.8 Å². The van der Waals surface area contributed by atoms with Crippen LogP contribution in [0, 0.1) is 0 Å². The molecule has 84 heavy (non-hydrogen) atoms. The first-order chi connectivity index (χ1) is 39.0. The average molecular weight is 1250 g/mol. The maximum atomic E-state index is 14.0. The molecule has 0 spiro atoms. The number of aliphatic hydroxyl groups excluding tert-OH is 2. The fourth-order valence-corrected chi connectivity index (χ4v) is 10.5. The molecular weight excluding hydrogens is 1180 g/mol. The van der Waals surface area contributed by atoms with Crippen molar-refractivity contribution in [1.82, 2.24) is 30.8 Å². The van der Waals surface area contributed by atoms with Crippen LogP contribution in [0.5, 0.6) is 0 Å². The van der Waals surface area contributed by atoms with E-state index in [0.717, 1.165) is 67.7 Å². The Hall–Kier alpha value is -6.64. The fraction of sp³-hybridized carbons (Fsp3) is 0.682. The normalized spacial score (nSPS) is 29.1. The van der Waals surface area contributed by atoms with Gasteiger partial charge in [-0.2, -0.15) is 4.31 Å². The summed E-state index contributed by atoms with van der Waals surface area (Å²) < 4.78 is 94.0. The number of phosphoric ester groups is 2. The summed E-state index contributed by atoms with van der Waals surface area (Å²) in [5, 5.41) is 30.5. The predicted molar refractivity (Wildman–Crippen MR) is 268 cm³/mol. The van der Waals surface area contributed by atoms with Gasteiger partial charge in [-0.15, -0.1) is 0 Å². The summed E-state index contributed by atoms with van der Waals surface area (Å²) in [6.45, 7) is 4.72.